The fourth-order valence-corrected chi connectivity index (χ4v) is 15.5. The lowest BCUT2D eigenvalue weighted by atomic mass is 10.2. The van der Waals surface area contributed by atoms with Gasteiger partial charge in [0.2, 0.25) is 0 Å². The molecule has 1 heterocycles. The van der Waals surface area contributed by atoms with Gasteiger partial charge >= 0.3 is 45.9 Å². The molecular formula is C28H16Cl2F12N3O4P3. The van der Waals surface area contributed by atoms with Crippen molar-refractivity contribution in [1.82, 2.24) is 0 Å². The van der Waals surface area contributed by atoms with E-state index in [2.05, 4.69) is 13.5 Å². The van der Waals surface area contributed by atoms with Gasteiger partial charge < -0.3 is 18.1 Å². The summed E-state index contributed by atoms with van der Waals surface area (Å²) >= 11 is 13.3. The molecule has 0 amide bonds. The van der Waals surface area contributed by atoms with E-state index in [0.29, 0.717) is 48.5 Å². The number of hydrogen-bond donors (Lipinski definition) is 0. The van der Waals surface area contributed by atoms with Crippen molar-refractivity contribution in [3.63, 3.8) is 0 Å². The molecular weight excluding hydrogens is 834 g/mol. The van der Waals surface area contributed by atoms with E-state index < -0.39 is 91.2 Å². The fraction of sp³-hybridized carbons (Fsp3) is 0.143. The largest absolute Gasteiger partial charge is 0.457 e. The van der Waals surface area contributed by atoms with Crippen LogP contribution in [0.3, 0.4) is 0 Å². The molecule has 0 aromatic heterocycles. The summed E-state index contributed by atoms with van der Waals surface area (Å²) in [5.74, 6) is -2.83. The summed E-state index contributed by atoms with van der Waals surface area (Å²) in [6, 6.07) is 11.5. The maximum atomic E-state index is 13.6. The molecule has 1 aliphatic rings. The van der Waals surface area contributed by atoms with Gasteiger partial charge in [-0.25, -0.2) is 0 Å². The minimum Gasteiger partial charge on any atom is -0.431 e. The lowest BCUT2D eigenvalue weighted by molar-refractivity contribution is -0.138. The van der Waals surface area contributed by atoms with Crippen LogP contribution in [0.2, 0.25) is 0 Å². The first-order valence-electron chi connectivity index (χ1n) is 13.6. The first-order chi connectivity index (χ1) is 23.9. The second-order valence-corrected chi connectivity index (χ2v) is 18.6. The number of nitrogens with zero attached hydrogens (tertiary/aromatic N) is 3. The van der Waals surface area contributed by atoms with Crippen molar-refractivity contribution >= 4 is 43.7 Å². The van der Waals surface area contributed by atoms with Gasteiger partial charge in [0.25, 0.3) is 0 Å². The molecule has 2 atom stereocenters. The maximum absolute atomic E-state index is 13.6. The third kappa shape index (κ3) is 9.93. The summed E-state index contributed by atoms with van der Waals surface area (Å²) in [4.78, 5) is 0. The van der Waals surface area contributed by atoms with Crippen molar-refractivity contribution < 1.29 is 70.8 Å². The van der Waals surface area contributed by atoms with Gasteiger partial charge in [-0.05, 0) is 95.3 Å². The van der Waals surface area contributed by atoms with Gasteiger partial charge in [-0.15, -0.1) is 13.5 Å². The van der Waals surface area contributed by atoms with Gasteiger partial charge in [-0.1, -0.05) is 24.3 Å². The molecule has 0 N–H and O–H groups in total. The van der Waals surface area contributed by atoms with Crippen LogP contribution in [-0.2, 0) is 24.7 Å². The molecule has 0 bridgehead atoms. The molecule has 0 spiro atoms. The molecule has 7 nitrogen and oxygen atoms in total. The standard InChI is InChI=1S/C28H16Cl2F12N3O4P3/c29-50(46-21-9-1-5-17(13-21)25(31,32)33)43-51(30,47-22-10-2-6-18(14-22)26(34,35)36)45-52(44-50,48-23-11-3-7-19(15-23)27(37,38)39)49-24-12-4-8-20(16-24)28(40,41)42/h1-16H. The van der Waals surface area contributed by atoms with Gasteiger partial charge in [-0.3, -0.25) is 0 Å². The zero-order chi connectivity index (χ0) is 38.4. The van der Waals surface area contributed by atoms with E-state index in [1.165, 1.54) is 0 Å². The fourth-order valence-electron chi connectivity index (χ4n) is 4.09. The van der Waals surface area contributed by atoms with Crippen LogP contribution in [0, 0.1) is 0 Å². The Morgan fingerprint density at radius 2 is 0.654 bits per heavy atom. The molecule has 280 valence electrons. The van der Waals surface area contributed by atoms with E-state index >= 15 is 0 Å². The molecule has 4 aromatic carbocycles. The summed E-state index contributed by atoms with van der Waals surface area (Å²) in [6.07, 6.45) is -19.8. The second kappa shape index (κ2) is 14.1. The van der Waals surface area contributed by atoms with Crippen LogP contribution in [0.5, 0.6) is 23.0 Å². The number of alkyl halides is 12. The second-order valence-electron chi connectivity index (χ2n) is 10.2. The molecule has 24 heteroatoms. The first-order valence-corrected chi connectivity index (χ1v) is 20.2. The Kier molecular flexibility index (Phi) is 10.7. The minimum absolute atomic E-state index is 0.415. The number of halogens is 14. The third-order valence-electron chi connectivity index (χ3n) is 6.20. The Morgan fingerprint density at radius 3 is 0.942 bits per heavy atom. The lowest BCUT2D eigenvalue weighted by Gasteiger charge is -2.30. The van der Waals surface area contributed by atoms with Crippen molar-refractivity contribution in [2.45, 2.75) is 24.7 Å². The summed E-state index contributed by atoms with van der Waals surface area (Å²) in [6.45, 7) is -9.52. The predicted molar refractivity (Wildman–Crippen MR) is 168 cm³/mol. The molecule has 0 saturated carbocycles. The van der Waals surface area contributed by atoms with Crippen LogP contribution >= 0.6 is 43.7 Å². The van der Waals surface area contributed by atoms with Crippen LogP contribution in [-0.4, -0.2) is 0 Å². The zero-order valence-corrected chi connectivity index (χ0v) is 29.0. The Hall–Kier alpha value is -3.49. The first kappa shape index (κ1) is 39.7. The van der Waals surface area contributed by atoms with E-state index in [1.807, 2.05) is 0 Å². The van der Waals surface area contributed by atoms with E-state index in [0.717, 1.165) is 48.5 Å². The minimum atomic E-state index is -5.02. The molecule has 2 unspecified atom stereocenters. The molecule has 0 radical (unpaired) electrons. The quantitative estimate of drug-likeness (QED) is 0.131. The monoisotopic (exact) mass is 849 g/mol. The molecule has 4 aromatic rings. The molecule has 52 heavy (non-hydrogen) atoms. The Morgan fingerprint density at radius 1 is 0.385 bits per heavy atom. The number of benzene rings is 4. The summed E-state index contributed by atoms with van der Waals surface area (Å²) in [5, 5.41) is 0. The van der Waals surface area contributed by atoms with Crippen LogP contribution in [0.15, 0.2) is 111 Å². The van der Waals surface area contributed by atoms with E-state index in [9.17, 15) is 52.7 Å². The Labute approximate surface area is 294 Å². The van der Waals surface area contributed by atoms with E-state index in [-0.39, 0.29) is 0 Å². The van der Waals surface area contributed by atoms with E-state index in [4.69, 9.17) is 40.6 Å². The molecule has 0 saturated heterocycles. The van der Waals surface area contributed by atoms with Crippen molar-refractivity contribution in [3.8, 4) is 23.0 Å². The van der Waals surface area contributed by atoms with Crippen molar-refractivity contribution in [2.75, 3.05) is 0 Å². The number of rotatable bonds is 8. The smallest absolute Gasteiger partial charge is 0.431 e. The zero-order valence-electron chi connectivity index (χ0n) is 24.8. The van der Waals surface area contributed by atoms with Crippen LogP contribution in [0.4, 0.5) is 52.7 Å². The molecule has 1 aliphatic heterocycles. The van der Waals surface area contributed by atoms with E-state index in [1.54, 1.807) is 0 Å². The number of hydrogen-bond acceptors (Lipinski definition) is 7. The SMILES string of the molecule is FC(F)(F)c1cccc(OP2(Cl)=NP(Cl)(Oc3cccc(C(F)(F)F)c3)=NP(Oc3cccc(C(F)(F)F)c3)(Oc3cccc(C(F)(F)F)c3)=N2)c1. The third-order valence-corrected chi connectivity index (χ3v) is 16.2. The normalized spacial score (nSPS) is 20.5. The Balaban J connectivity index is 1.77. The van der Waals surface area contributed by atoms with Gasteiger partial charge in [-0.2, -0.15) is 52.7 Å². The van der Waals surface area contributed by atoms with Crippen LogP contribution < -0.4 is 18.1 Å². The highest BCUT2D eigenvalue weighted by atomic mass is 35.7. The molecule has 5 rings (SSSR count). The van der Waals surface area contributed by atoms with Gasteiger partial charge in [0.05, 0.1) is 22.3 Å². The maximum Gasteiger partial charge on any atom is 0.457 e. The average molecular weight is 850 g/mol. The van der Waals surface area contributed by atoms with Crippen molar-refractivity contribution in [1.29, 1.82) is 0 Å². The molecule has 0 aliphatic carbocycles. The summed E-state index contributed by atoms with van der Waals surface area (Å²) in [5.41, 5.74) is -5.13. The van der Waals surface area contributed by atoms with Crippen molar-refractivity contribution in [3.05, 3.63) is 119 Å². The van der Waals surface area contributed by atoms with Crippen LogP contribution in [0.1, 0.15) is 22.3 Å². The Bertz CT molecular complexity index is 2030. The van der Waals surface area contributed by atoms with Gasteiger partial charge in [0.15, 0.2) is 0 Å². The summed E-state index contributed by atoms with van der Waals surface area (Å²) < 4.78 is 197. The topological polar surface area (TPSA) is 74.0 Å². The molecule has 0 fully saturated rings. The van der Waals surface area contributed by atoms with Gasteiger partial charge in [0.1, 0.15) is 23.0 Å². The van der Waals surface area contributed by atoms with Gasteiger partial charge in [0, 0.05) is 0 Å². The van der Waals surface area contributed by atoms with Crippen LogP contribution in [0.25, 0.3) is 0 Å². The predicted octanol–water partition coefficient (Wildman–Crippen LogP) is 14.7. The van der Waals surface area contributed by atoms with Crippen molar-refractivity contribution in [2.24, 2.45) is 13.5 Å². The average Bonchev–Trinajstić information content (AvgIpc) is 2.99. The summed E-state index contributed by atoms with van der Waals surface area (Å²) in [7, 11) is -5.02. The highest BCUT2D eigenvalue weighted by Gasteiger charge is 2.45. The highest BCUT2D eigenvalue weighted by Crippen LogP contribution is 2.82. The lowest BCUT2D eigenvalue weighted by Crippen LogP contribution is -2.08. The highest BCUT2D eigenvalue weighted by molar-refractivity contribution is 8.00.